The standard InChI is InChI=1S/C20H25N3O2/c1-2-21(15-20-11-5-13-22(20)14-6-12-20)18-9-10-19(23(24)25)17-8-4-3-7-16(17)18/h3-4,7-10H,2,5-6,11-15H2,1H3. The number of fused-ring (bicyclic) bond motifs is 2. The summed E-state index contributed by atoms with van der Waals surface area (Å²) in [6.45, 7) is 6.56. The van der Waals surface area contributed by atoms with Gasteiger partial charge in [-0.05, 0) is 57.8 Å². The Morgan fingerprint density at radius 1 is 1.12 bits per heavy atom. The van der Waals surface area contributed by atoms with Crippen molar-refractivity contribution in [2.75, 3.05) is 31.1 Å². The minimum absolute atomic E-state index is 0.192. The number of hydrogen-bond acceptors (Lipinski definition) is 4. The topological polar surface area (TPSA) is 49.6 Å². The SMILES string of the molecule is CCN(CC12CCCN1CCC2)c1ccc([N+](=O)[O-])c2ccccc12. The summed E-state index contributed by atoms with van der Waals surface area (Å²) in [6.07, 6.45) is 5.12. The summed E-state index contributed by atoms with van der Waals surface area (Å²) in [7, 11) is 0. The largest absolute Gasteiger partial charge is 0.369 e. The molecule has 0 N–H and O–H groups in total. The van der Waals surface area contributed by atoms with E-state index < -0.39 is 0 Å². The first-order valence-corrected chi connectivity index (χ1v) is 9.31. The van der Waals surface area contributed by atoms with E-state index in [9.17, 15) is 10.1 Å². The monoisotopic (exact) mass is 339 g/mol. The van der Waals surface area contributed by atoms with E-state index in [1.165, 1.54) is 38.8 Å². The van der Waals surface area contributed by atoms with Crippen molar-refractivity contribution in [1.29, 1.82) is 0 Å². The second-order valence-corrected chi connectivity index (χ2v) is 7.34. The molecule has 5 heteroatoms. The van der Waals surface area contributed by atoms with Crippen LogP contribution in [0.4, 0.5) is 11.4 Å². The molecule has 2 aromatic rings. The Hall–Kier alpha value is -2.14. The highest BCUT2D eigenvalue weighted by molar-refractivity contribution is 6.00. The summed E-state index contributed by atoms with van der Waals surface area (Å²) in [6, 6.07) is 11.3. The van der Waals surface area contributed by atoms with Gasteiger partial charge in [-0.2, -0.15) is 0 Å². The predicted octanol–water partition coefficient (Wildman–Crippen LogP) is 4.20. The average molecular weight is 339 g/mol. The van der Waals surface area contributed by atoms with Crippen LogP contribution >= 0.6 is 0 Å². The molecule has 0 spiro atoms. The van der Waals surface area contributed by atoms with Gasteiger partial charge < -0.3 is 4.90 Å². The molecular weight excluding hydrogens is 314 g/mol. The lowest BCUT2D eigenvalue weighted by atomic mass is 9.92. The normalized spacial score (nSPS) is 19.2. The number of non-ortho nitro benzene ring substituents is 1. The third kappa shape index (κ3) is 2.67. The molecule has 5 nitrogen and oxygen atoms in total. The van der Waals surface area contributed by atoms with Gasteiger partial charge >= 0.3 is 0 Å². The highest BCUT2D eigenvalue weighted by atomic mass is 16.6. The maximum atomic E-state index is 11.4. The number of hydrogen-bond donors (Lipinski definition) is 0. The molecule has 2 aliphatic heterocycles. The van der Waals surface area contributed by atoms with E-state index in [1.54, 1.807) is 6.07 Å². The smallest absolute Gasteiger partial charge is 0.277 e. The van der Waals surface area contributed by atoms with Gasteiger partial charge in [0.05, 0.1) is 10.3 Å². The number of likely N-dealkylation sites (N-methyl/N-ethyl adjacent to an activating group) is 1. The van der Waals surface area contributed by atoms with E-state index in [0.717, 1.165) is 29.5 Å². The first kappa shape index (κ1) is 16.3. The van der Waals surface area contributed by atoms with E-state index in [0.29, 0.717) is 5.54 Å². The molecule has 0 saturated carbocycles. The Kier molecular flexibility index (Phi) is 4.12. The fraction of sp³-hybridized carbons (Fsp3) is 0.500. The van der Waals surface area contributed by atoms with Crippen molar-refractivity contribution in [3.8, 4) is 0 Å². The molecule has 0 unspecified atom stereocenters. The van der Waals surface area contributed by atoms with E-state index in [1.807, 2.05) is 30.3 Å². The minimum atomic E-state index is -0.281. The Morgan fingerprint density at radius 3 is 2.44 bits per heavy atom. The number of rotatable bonds is 5. The summed E-state index contributed by atoms with van der Waals surface area (Å²) in [5, 5.41) is 13.1. The maximum absolute atomic E-state index is 11.4. The van der Waals surface area contributed by atoms with Crippen molar-refractivity contribution in [1.82, 2.24) is 4.90 Å². The summed E-state index contributed by atoms with van der Waals surface area (Å²) in [4.78, 5) is 16.2. The Balaban J connectivity index is 1.75. The van der Waals surface area contributed by atoms with Crippen LogP contribution in [-0.4, -0.2) is 41.5 Å². The Morgan fingerprint density at radius 2 is 1.80 bits per heavy atom. The van der Waals surface area contributed by atoms with Gasteiger partial charge in [0.25, 0.3) is 5.69 Å². The van der Waals surface area contributed by atoms with E-state index in [-0.39, 0.29) is 10.6 Å². The number of anilines is 1. The zero-order chi connectivity index (χ0) is 17.4. The van der Waals surface area contributed by atoms with Crippen molar-refractivity contribution in [3.05, 3.63) is 46.5 Å². The number of benzene rings is 2. The van der Waals surface area contributed by atoms with Crippen LogP contribution in [0.2, 0.25) is 0 Å². The van der Waals surface area contributed by atoms with Crippen LogP contribution in [0.3, 0.4) is 0 Å². The third-order valence-corrected chi connectivity index (χ3v) is 6.09. The van der Waals surface area contributed by atoms with E-state index >= 15 is 0 Å². The quantitative estimate of drug-likeness (QED) is 0.605. The third-order valence-electron chi connectivity index (χ3n) is 6.09. The molecule has 0 amide bonds. The molecule has 25 heavy (non-hydrogen) atoms. The zero-order valence-corrected chi connectivity index (χ0v) is 14.8. The molecule has 2 aromatic carbocycles. The van der Waals surface area contributed by atoms with Crippen LogP contribution in [0.5, 0.6) is 0 Å². The molecule has 4 rings (SSSR count). The lowest BCUT2D eigenvalue weighted by Crippen LogP contribution is -2.48. The lowest BCUT2D eigenvalue weighted by Gasteiger charge is -2.38. The van der Waals surface area contributed by atoms with Gasteiger partial charge in [-0.3, -0.25) is 15.0 Å². The molecule has 2 saturated heterocycles. The molecule has 0 aliphatic carbocycles. The van der Waals surface area contributed by atoms with Gasteiger partial charge in [0.1, 0.15) is 0 Å². The maximum Gasteiger partial charge on any atom is 0.277 e. The van der Waals surface area contributed by atoms with E-state index in [2.05, 4.69) is 16.7 Å². The second kappa shape index (κ2) is 6.30. The van der Waals surface area contributed by atoms with Crippen molar-refractivity contribution in [2.45, 2.75) is 38.1 Å². The van der Waals surface area contributed by atoms with Crippen LogP contribution in [0.25, 0.3) is 10.8 Å². The molecule has 2 aliphatic rings. The predicted molar refractivity (Wildman–Crippen MR) is 101 cm³/mol. The van der Waals surface area contributed by atoms with Crippen LogP contribution in [0, 0.1) is 10.1 Å². The molecule has 0 bridgehead atoms. The first-order valence-electron chi connectivity index (χ1n) is 9.31. The molecule has 0 radical (unpaired) electrons. The Labute approximate surface area is 148 Å². The van der Waals surface area contributed by atoms with E-state index in [4.69, 9.17) is 0 Å². The van der Waals surface area contributed by atoms with Crippen molar-refractivity contribution in [3.63, 3.8) is 0 Å². The average Bonchev–Trinajstić information content (AvgIpc) is 3.18. The summed E-state index contributed by atoms with van der Waals surface area (Å²) in [5.41, 5.74) is 1.62. The van der Waals surface area contributed by atoms with Gasteiger partial charge in [-0.25, -0.2) is 0 Å². The minimum Gasteiger partial charge on any atom is -0.369 e. The van der Waals surface area contributed by atoms with Crippen molar-refractivity contribution >= 4 is 22.1 Å². The van der Waals surface area contributed by atoms with Gasteiger partial charge in [0.15, 0.2) is 0 Å². The molecule has 0 atom stereocenters. The molecule has 2 fully saturated rings. The van der Waals surface area contributed by atoms with Crippen LogP contribution in [0.1, 0.15) is 32.6 Å². The van der Waals surface area contributed by atoms with Crippen LogP contribution in [-0.2, 0) is 0 Å². The summed E-state index contributed by atoms with van der Waals surface area (Å²) < 4.78 is 0. The molecule has 2 heterocycles. The fourth-order valence-corrected chi connectivity index (χ4v) is 4.91. The highest BCUT2D eigenvalue weighted by Crippen LogP contribution is 2.41. The Bertz CT molecular complexity index is 795. The zero-order valence-electron chi connectivity index (χ0n) is 14.8. The lowest BCUT2D eigenvalue weighted by molar-refractivity contribution is -0.383. The first-order chi connectivity index (χ1) is 12.1. The van der Waals surface area contributed by atoms with Gasteiger partial charge in [-0.15, -0.1) is 0 Å². The van der Waals surface area contributed by atoms with Crippen molar-refractivity contribution in [2.24, 2.45) is 0 Å². The van der Waals surface area contributed by atoms with Crippen molar-refractivity contribution < 1.29 is 4.92 Å². The van der Waals surface area contributed by atoms with Crippen LogP contribution < -0.4 is 4.90 Å². The summed E-state index contributed by atoms with van der Waals surface area (Å²) in [5.74, 6) is 0. The number of nitro benzene ring substituents is 1. The number of nitro groups is 1. The van der Waals surface area contributed by atoms with Gasteiger partial charge in [-0.1, -0.05) is 18.2 Å². The fourth-order valence-electron chi connectivity index (χ4n) is 4.91. The van der Waals surface area contributed by atoms with Gasteiger partial charge in [0, 0.05) is 35.8 Å². The second-order valence-electron chi connectivity index (χ2n) is 7.34. The molecule has 0 aromatic heterocycles. The summed E-state index contributed by atoms with van der Waals surface area (Å²) >= 11 is 0. The molecule has 132 valence electrons. The highest BCUT2D eigenvalue weighted by Gasteiger charge is 2.45. The van der Waals surface area contributed by atoms with Gasteiger partial charge in [0.2, 0.25) is 0 Å². The number of nitrogens with zero attached hydrogens (tertiary/aromatic N) is 3. The van der Waals surface area contributed by atoms with Crippen LogP contribution in [0.15, 0.2) is 36.4 Å². The molecular formula is C20H25N3O2.